The van der Waals surface area contributed by atoms with Crippen LogP contribution in [0.15, 0.2) is 48.5 Å². The smallest absolute Gasteiger partial charge is 0.418 e. The van der Waals surface area contributed by atoms with Gasteiger partial charge in [0.2, 0.25) is 0 Å². The van der Waals surface area contributed by atoms with E-state index in [9.17, 15) is 18.0 Å². The van der Waals surface area contributed by atoms with Crippen molar-refractivity contribution in [2.45, 2.75) is 12.7 Å². The Bertz CT molecular complexity index is 886. The Morgan fingerprint density at radius 3 is 2.46 bits per heavy atom. The molecule has 4 nitrogen and oxygen atoms in total. The predicted molar refractivity (Wildman–Crippen MR) is 82.2 cm³/mol. The summed E-state index contributed by atoms with van der Waals surface area (Å²) in [6, 6.07) is 12.7. The Morgan fingerprint density at radius 1 is 1.12 bits per heavy atom. The topological polar surface area (TPSA) is 44.1 Å². The third-order valence-corrected chi connectivity index (χ3v) is 3.63. The van der Waals surface area contributed by atoms with Gasteiger partial charge >= 0.3 is 12.1 Å². The molecule has 0 spiro atoms. The molecule has 7 heteroatoms. The molecule has 0 atom stereocenters. The SMILES string of the molecule is COC(=O)Cn1nc(-c2ccccc2)c2cccc(C(F)(F)F)c21. The maximum absolute atomic E-state index is 13.4. The van der Waals surface area contributed by atoms with Crippen molar-refractivity contribution < 1.29 is 22.7 Å². The van der Waals surface area contributed by atoms with Gasteiger partial charge in [-0.1, -0.05) is 42.5 Å². The van der Waals surface area contributed by atoms with Crippen LogP contribution in [-0.2, 0) is 22.3 Å². The fraction of sp³-hybridized carbons (Fsp3) is 0.176. The van der Waals surface area contributed by atoms with Crippen molar-refractivity contribution in [1.29, 1.82) is 0 Å². The molecule has 0 bridgehead atoms. The van der Waals surface area contributed by atoms with Crippen LogP contribution in [0.1, 0.15) is 5.56 Å². The molecular formula is C17H13F3N2O2. The maximum atomic E-state index is 13.4. The number of nitrogens with zero attached hydrogens (tertiary/aromatic N) is 2. The van der Waals surface area contributed by atoms with Crippen molar-refractivity contribution in [3.8, 4) is 11.3 Å². The second-order valence-electron chi connectivity index (χ2n) is 5.15. The van der Waals surface area contributed by atoms with Gasteiger partial charge in [-0.3, -0.25) is 9.48 Å². The van der Waals surface area contributed by atoms with Gasteiger partial charge in [0.15, 0.2) is 0 Å². The van der Waals surface area contributed by atoms with Gasteiger partial charge in [-0.2, -0.15) is 18.3 Å². The molecule has 3 aromatic rings. The van der Waals surface area contributed by atoms with E-state index in [1.54, 1.807) is 36.4 Å². The first-order valence-electron chi connectivity index (χ1n) is 7.11. The molecule has 0 aliphatic heterocycles. The lowest BCUT2D eigenvalue weighted by atomic mass is 10.0. The van der Waals surface area contributed by atoms with E-state index >= 15 is 0 Å². The monoisotopic (exact) mass is 334 g/mol. The fourth-order valence-corrected chi connectivity index (χ4v) is 2.58. The van der Waals surface area contributed by atoms with Gasteiger partial charge in [0, 0.05) is 10.9 Å². The number of rotatable bonds is 3. The average molecular weight is 334 g/mol. The zero-order valence-corrected chi connectivity index (χ0v) is 12.7. The normalized spacial score (nSPS) is 11.7. The standard InChI is InChI=1S/C17H13F3N2O2/c1-24-14(23)10-22-16-12(8-5-9-13(16)17(18,19)20)15(21-22)11-6-3-2-4-7-11/h2-9H,10H2,1H3. The minimum absolute atomic E-state index is 0.130. The fourth-order valence-electron chi connectivity index (χ4n) is 2.58. The second-order valence-corrected chi connectivity index (χ2v) is 5.15. The van der Waals surface area contributed by atoms with Gasteiger partial charge in [0.1, 0.15) is 12.2 Å². The first-order chi connectivity index (χ1) is 11.4. The molecule has 1 heterocycles. The molecule has 0 aliphatic carbocycles. The van der Waals surface area contributed by atoms with E-state index in [-0.39, 0.29) is 5.52 Å². The minimum atomic E-state index is -4.55. The van der Waals surface area contributed by atoms with Crippen LogP contribution in [0, 0.1) is 0 Å². The summed E-state index contributed by atoms with van der Waals surface area (Å²) >= 11 is 0. The summed E-state index contributed by atoms with van der Waals surface area (Å²) in [6.07, 6.45) is -4.55. The number of carbonyl (C=O) groups excluding carboxylic acids is 1. The van der Waals surface area contributed by atoms with Crippen LogP contribution in [-0.4, -0.2) is 22.9 Å². The molecule has 0 radical (unpaired) electrons. The summed E-state index contributed by atoms with van der Waals surface area (Å²) in [5, 5.41) is 4.57. The third-order valence-electron chi connectivity index (χ3n) is 3.63. The number of fused-ring (bicyclic) bond motifs is 1. The van der Waals surface area contributed by atoms with Gasteiger partial charge in [0.25, 0.3) is 0 Å². The number of methoxy groups -OCH3 is 1. The number of esters is 1. The molecule has 24 heavy (non-hydrogen) atoms. The molecule has 0 unspecified atom stereocenters. The van der Waals surface area contributed by atoms with Gasteiger partial charge in [0.05, 0.1) is 18.2 Å². The summed E-state index contributed by atoms with van der Waals surface area (Å²) in [5.74, 6) is -0.670. The molecule has 0 saturated carbocycles. The molecular weight excluding hydrogens is 321 g/mol. The summed E-state index contributed by atoms with van der Waals surface area (Å²) in [5.41, 5.74) is 0.0962. The molecule has 0 aliphatic rings. The average Bonchev–Trinajstić information content (AvgIpc) is 2.93. The Balaban J connectivity index is 2.30. The van der Waals surface area contributed by atoms with Crippen molar-refractivity contribution in [3.63, 3.8) is 0 Å². The molecule has 0 N–H and O–H groups in total. The van der Waals surface area contributed by atoms with Gasteiger partial charge in [-0.25, -0.2) is 0 Å². The highest BCUT2D eigenvalue weighted by atomic mass is 19.4. The van der Waals surface area contributed by atoms with Crippen LogP contribution in [0.25, 0.3) is 22.2 Å². The number of ether oxygens (including phenoxy) is 1. The van der Waals surface area contributed by atoms with Gasteiger partial charge < -0.3 is 4.74 Å². The molecule has 2 aromatic carbocycles. The summed E-state index contributed by atoms with van der Waals surface area (Å²) in [6.45, 7) is -0.396. The molecule has 124 valence electrons. The summed E-state index contributed by atoms with van der Waals surface area (Å²) < 4.78 is 45.7. The first-order valence-corrected chi connectivity index (χ1v) is 7.11. The lowest BCUT2D eigenvalue weighted by Gasteiger charge is -2.10. The van der Waals surface area contributed by atoms with Gasteiger partial charge in [-0.15, -0.1) is 0 Å². The van der Waals surface area contributed by atoms with Crippen molar-refractivity contribution in [3.05, 3.63) is 54.1 Å². The second kappa shape index (κ2) is 5.99. The third kappa shape index (κ3) is 2.84. The number of alkyl halides is 3. The van der Waals surface area contributed by atoms with E-state index < -0.39 is 24.3 Å². The predicted octanol–water partition coefficient (Wildman–Crippen LogP) is 3.90. The van der Waals surface area contributed by atoms with Crippen molar-refractivity contribution >= 4 is 16.9 Å². The van der Waals surface area contributed by atoms with Crippen LogP contribution >= 0.6 is 0 Å². The van der Waals surface area contributed by atoms with Crippen molar-refractivity contribution in [1.82, 2.24) is 9.78 Å². The van der Waals surface area contributed by atoms with Crippen LogP contribution < -0.4 is 0 Å². The molecule has 3 rings (SSSR count). The van der Waals surface area contributed by atoms with E-state index in [0.29, 0.717) is 16.6 Å². The minimum Gasteiger partial charge on any atom is -0.468 e. The number of hydrogen-bond donors (Lipinski definition) is 0. The number of aromatic nitrogens is 2. The summed E-state index contributed by atoms with van der Waals surface area (Å²) in [7, 11) is 1.18. The number of carbonyl (C=O) groups is 1. The molecule has 0 saturated heterocycles. The Hall–Kier alpha value is -2.83. The molecule has 0 fully saturated rings. The molecule has 0 amide bonds. The number of hydrogen-bond acceptors (Lipinski definition) is 3. The van der Waals surface area contributed by atoms with E-state index in [4.69, 9.17) is 0 Å². The number of halogens is 3. The molecule has 1 aromatic heterocycles. The summed E-state index contributed by atoms with van der Waals surface area (Å²) in [4.78, 5) is 11.6. The highest BCUT2D eigenvalue weighted by Crippen LogP contribution is 2.38. The Kier molecular flexibility index (Phi) is 4.01. The Morgan fingerprint density at radius 2 is 1.83 bits per heavy atom. The zero-order valence-electron chi connectivity index (χ0n) is 12.7. The van der Waals surface area contributed by atoms with Crippen molar-refractivity contribution in [2.75, 3.05) is 7.11 Å². The quantitative estimate of drug-likeness (QED) is 0.683. The lowest BCUT2D eigenvalue weighted by Crippen LogP contribution is -2.15. The van der Waals surface area contributed by atoms with E-state index in [0.717, 1.165) is 10.7 Å². The number of benzene rings is 2. The largest absolute Gasteiger partial charge is 0.468 e. The van der Waals surface area contributed by atoms with Gasteiger partial charge in [-0.05, 0) is 6.07 Å². The highest BCUT2D eigenvalue weighted by Gasteiger charge is 2.35. The number of para-hydroxylation sites is 1. The van der Waals surface area contributed by atoms with Crippen LogP contribution in [0.4, 0.5) is 13.2 Å². The van der Waals surface area contributed by atoms with E-state index in [2.05, 4.69) is 9.84 Å². The highest BCUT2D eigenvalue weighted by molar-refractivity contribution is 5.96. The van der Waals surface area contributed by atoms with Crippen LogP contribution in [0.3, 0.4) is 0 Å². The van der Waals surface area contributed by atoms with E-state index in [1.807, 2.05) is 0 Å². The van der Waals surface area contributed by atoms with Crippen molar-refractivity contribution in [2.24, 2.45) is 0 Å². The van der Waals surface area contributed by atoms with Crippen LogP contribution in [0.5, 0.6) is 0 Å². The van der Waals surface area contributed by atoms with Crippen LogP contribution in [0.2, 0.25) is 0 Å². The van der Waals surface area contributed by atoms with E-state index in [1.165, 1.54) is 13.2 Å². The zero-order chi connectivity index (χ0) is 17.3. The maximum Gasteiger partial charge on any atom is 0.418 e. The lowest BCUT2D eigenvalue weighted by molar-refractivity contribution is -0.142. The Labute approximate surface area is 135 Å². The first kappa shape index (κ1) is 16.0.